The summed E-state index contributed by atoms with van der Waals surface area (Å²) < 4.78 is 10.4. The number of non-ortho nitro benzene ring substituents is 1. The molecule has 0 radical (unpaired) electrons. The SMILES string of the molecule is COC(=O)c1ccc2c(c1)CC(CNC(=O)c1cccc([N+](=O)[O-])c1)O2. The molecule has 2 aromatic carbocycles. The van der Waals surface area contributed by atoms with Crippen LogP contribution >= 0.6 is 0 Å². The molecule has 0 spiro atoms. The number of methoxy groups -OCH3 is 1. The summed E-state index contributed by atoms with van der Waals surface area (Å²) >= 11 is 0. The van der Waals surface area contributed by atoms with E-state index >= 15 is 0 Å². The van der Waals surface area contributed by atoms with Gasteiger partial charge in [-0.1, -0.05) is 6.07 Å². The molecule has 0 aliphatic carbocycles. The van der Waals surface area contributed by atoms with Crippen LogP contribution in [0.3, 0.4) is 0 Å². The first-order chi connectivity index (χ1) is 12.5. The third-order valence-corrected chi connectivity index (χ3v) is 4.03. The minimum atomic E-state index is -0.549. The lowest BCUT2D eigenvalue weighted by molar-refractivity contribution is -0.384. The highest BCUT2D eigenvalue weighted by molar-refractivity contribution is 5.94. The molecule has 1 N–H and O–H groups in total. The number of esters is 1. The number of hydrogen-bond acceptors (Lipinski definition) is 6. The Balaban J connectivity index is 1.61. The number of nitro groups is 1. The Bertz CT molecular complexity index is 880. The van der Waals surface area contributed by atoms with Crippen LogP contribution in [0.5, 0.6) is 5.75 Å². The normalized spacial score (nSPS) is 14.9. The van der Waals surface area contributed by atoms with Gasteiger partial charge in [-0.2, -0.15) is 0 Å². The van der Waals surface area contributed by atoms with Crippen molar-refractivity contribution in [3.63, 3.8) is 0 Å². The van der Waals surface area contributed by atoms with Crippen molar-refractivity contribution in [2.75, 3.05) is 13.7 Å². The zero-order chi connectivity index (χ0) is 18.7. The summed E-state index contributed by atoms with van der Waals surface area (Å²) in [5.74, 6) is -0.175. The van der Waals surface area contributed by atoms with E-state index in [4.69, 9.17) is 9.47 Å². The molecule has 1 aliphatic rings. The number of amides is 1. The van der Waals surface area contributed by atoms with Crippen LogP contribution in [0.4, 0.5) is 5.69 Å². The number of hydrogen-bond donors (Lipinski definition) is 1. The molecule has 0 saturated heterocycles. The first-order valence-corrected chi connectivity index (χ1v) is 7.88. The number of nitrogens with zero attached hydrogens (tertiary/aromatic N) is 1. The Hall–Kier alpha value is -3.42. The molecule has 26 heavy (non-hydrogen) atoms. The predicted molar refractivity (Wildman–Crippen MR) is 91.3 cm³/mol. The van der Waals surface area contributed by atoms with Crippen LogP contribution in [0.2, 0.25) is 0 Å². The summed E-state index contributed by atoms with van der Waals surface area (Å²) in [4.78, 5) is 34.0. The van der Waals surface area contributed by atoms with Crippen molar-refractivity contribution < 1.29 is 24.0 Å². The van der Waals surface area contributed by atoms with Crippen LogP contribution in [-0.4, -0.2) is 36.6 Å². The predicted octanol–water partition coefficient (Wildman–Crippen LogP) is 2.11. The van der Waals surface area contributed by atoms with E-state index in [1.807, 2.05) is 0 Å². The van der Waals surface area contributed by atoms with Crippen LogP contribution in [0.15, 0.2) is 42.5 Å². The van der Waals surface area contributed by atoms with Gasteiger partial charge in [-0.15, -0.1) is 0 Å². The number of benzene rings is 2. The number of fused-ring (bicyclic) bond motifs is 1. The molecule has 1 aliphatic heterocycles. The lowest BCUT2D eigenvalue weighted by atomic mass is 10.1. The summed E-state index contributed by atoms with van der Waals surface area (Å²) in [5, 5.41) is 13.5. The zero-order valence-corrected chi connectivity index (χ0v) is 13.9. The molecule has 0 saturated carbocycles. The maximum Gasteiger partial charge on any atom is 0.337 e. The maximum atomic E-state index is 12.2. The lowest BCUT2D eigenvalue weighted by Gasteiger charge is -2.12. The van der Waals surface area contributed by atoms with Crippen molar-refractivity contribution >= 4 is 17.6 Å². The van der Waals surface area contributed by atoms with Crippen molar-refractivity contribution in [1.82, 2.24) is 5.32 Å². The van der Waals surface area contributed by atoms with Crippen molar-refractivity contribution in [1.29, 1.82) is 0 Å². The Morgan fingerprint density at radius 3 is 2.81 bits per heavy atom. The average molecular weight is 356 g/mol. The average Bonchev–Trinajstić information content (AvgIpc) is 3.07. The van der Waals surface area contributed by atoms with Crippen LogP contribution in [0, 0.1) is 10.1 Å². The molecule has 3 rings (SSSR count). The van der Waals surface area contributed by atoms with E-state index in [0.29, 0.717) is 17.7 Å². The van der Waals surface area contributed by atoms with E-state index in [-0.39, 0.29) is 23.9 Å². The summed E-state index contributed by atoms with van der Waals surface area (Å²) in [6.45, 7) is 0.240. The molecule has 134 valence electrons. The van der Waals surface area contributed by atoms with Gasteiger partial charge in [0.25, 0.3) is 11.6 Å². The fourth-order valence-electron chi connectivity index (χ4n) is 2.75. The Morgan fingerprint density at radius 2 is 2.08 bits per heavy atom. The van der Waals surface area contributed by atoms with Crippen LogP contribution in [-0.2, 0) is 11.2 Å². The molecule has 0 aromatic heterocycles. The van der Waals surface area contributed by atoms with E-state index in [9.17, 15) is 19.7 Å². The fraction of sp³-hybridized carbons (Fsp3) is 0.222. The van der Waals surface area contributed by atoms with E-state index in [1.165, 1.54) is 31.4 Å². The molecule has 1 unspecified atom stereocenters. The van der Waals surface area contributed by atoms with Gasteiger partial charge in [-0.25, -0.2) is 4.79 Å². The van der Waals surface area contributed by atoms with Crippen molar-refractivity contribution in [2.45, 2.75) is 12.5 Å². The minimum absolute atomic E-state index is 0.141. The standard InChI is InChI=1S/C18H16N2O6/c1-25-18(22)12-5-6-16-13(7-12)9-15(26-16)10-19-17(21)11-3-2-4-14(8-11)20(23)24/h2-8,15H,9-10H2,1H3,(H,19,21). The summed E-state index contributed by atoms with van der Waals surface area (Å²) in [6, 6.07) is 10.6. The molecule has 1 atom stereocenters. The highest BCUT2D eigenvalue weighted by Crippen LogP contribution is 2.29. The highest BCUT2D eigenvalue weighted by atomic mass is 16.6. The smallest absolute Gasteiger partial charge is 0.337 e. The second-order valence-electron chi connectivity index (χ2n) is 5.78. The summed E-state index contributed by atoms with van der Waals surface area (Å²) in [6.07, 6.45) is 0.260. The molecule has 2 aromatic rings. The molecule has 1 heterocycles. The van der Waals surface area contributed by atoms with Gasteiger partial charge < -0.3 is 14.8 Å². The van der Waals surface area contributed by atoms with Crippen molar-refractivity contribution in [3.8, 4) is 5.75 Å². The van der Waals surface area contributed by atoms with Crippen molar-refractivity contribution in [3.05, 3.63) is 69.3 Å². The Labute approximate surface area is 148 Å². The molecule has 8 nitrogen and oxygen atoms in total. The quantitative estimate of drug-likeness (QED) is 0.499. The van der Waals surface area contributed by atoms with Gasteiger partial charge in [0.15, 0.2) is 0 Å². The third-order valence-electron chi connectivity index (χ3n) is 4.03. The Kier molecular flexibility index (Phi) is 4.83. The van der Waals surface area contributed by atoms with Gasteiger partial charge in [0.05, 0.1) is 24.1 Å². The number of carbonyl (C=O) groups excluding carboxylic acids is 2. The van der Waals surface area contributed by atoms with Crippen LogP contribution in [0.1, 0.15) is 26.3 Å². The van der Waals surface area contributed by atoms with E-state index in [1.54, 1.807) is 18.2 Å². The third kappa shape index (κ3) is 3.64. The second kappa shape index (κ2) is 7.22. The molecule has 0 fully saturated rings. The van der Waals surface area contributed by atoms with Crippen LogP contribution < -0.4 is 10.1 Å². The number of nitro benzene ring substituents is 1. The number of carbonyl (C=O) groups is 2. The minimum Gasteiger partial charge on any atom is -0.488 e. The van der Waals surface area contributed by atoms with Crippen LogP contribution in [0.25, 0.3) is 0 Å². The lowest BCUT2D eigenvalue weighted by Crippen LogP contribution is -2.34. The van der Waals surface area contributed by atoms with E-state index in [0.717, 1.165) is 5.56 Å². The largest absolute Gasteiger partial charge is 0.488 e. The number of nitrogens with one attached hydrogen (secondary N) is 1. The fourth-order valence-corrected chi connectivity index (χ4v) is 2.75. The van der Waals surface area contributed by atoms with E-state index in [2.05, 4.69) is 5.32 Å². The Morgan fingerprint density at radius 1 is 1.27 bits per heavy atom. The van der Waals surface area contributed by atoms with Gasteiger partial charge >= 0.3 is 5.97 Å². The monoisotopic (exact) mass is 356 g/mol. The molecule has 1 amide bonds. The summed E-state index contributed by atoms with van der Waals surface area (Å²) in [5.41, 5.74) is 1.37. The second-order valence-corrected chi connectivity index (χ2v) is 5.78. The van der Waals surface area contributed by atoms with Crippen molar-refractivity contribution in [2.24, 2.45) is 0 Å². The number of rotatable bonds is 5. The van der Waals surface area contributed by atoms with Gasteiger partial charge in [0.1, 0.15) is 11.9 Å². The van der Waals surface area contributed by atoms with Gasteiger partial charge in [-0.05, 0) is 29.8 Å². The van der Waals surface area contributed by atoms with E-state index < -0.39 is 16.8 Å². The molecule has 8 heteroatoms. The molecule has 0 bridgehead atoms. The first kappa shape index (κ1) is 17.4. The summed E-state index contributed by atoms with van der Waals surface area (Å²) in [7, 11) is 1.32. The van der Waals surface area contributed by atoms with Gasteiger partial charge in [-0.3, -0.25) is 14.9 Å². The first-order valence-electron chi connectivity index (χ1n) is 7.88. The zero-order valence-electron chi connectivity index (χ0n) is 13.9. The molecular weight excluding hydrogens is 340 g/mol. The topological polar surface area (TPSA) is 108 Å². The van der Waals surface area contributed by atoms with Gasteiger partial charge in [0, 0.05) is 24.1 Å². The van der Waals surface area contributed by atoms with Gasteiger partial charge in [0.2, 0.25) is 0 Å². The highest BCUT2D eigenvalue weighted by Gasteiger charge is 2.25. The number of ether oxygens (including phenoxy) is 2. The molecular formula is C18H16N2O6. The maximum absolute atomic E-state index is 12.2.